The third kappa shape index (κ3) is 2.96. The number of hydrogen-bond donors (Lipinski definition) is 3. The van der Waals surface area contributed by atoms with Gasteiger partial charge in [-0.1, -0.05) is 17.3 Å². The molecule has 0 radical (unpaired) electrons. The van der Waals surface area contributed by atoms with Crippen LogP contribution in [0.5, 0.6) is 5.75 Å². The predicted molar refractivity (Wildman–Crippen MR) is 70.4 cm³/mol. The number of ether oxygens (including phenoxy) is 1. The molecule has 0 aromatic heterocycles. The third-order valence-corrected chi connectivity index (χ3v) is 3.17. The maximum absolute atomic E-state index is 12.2. The number of carbonyl (C=O) groups is 1. The lowest BCUT2D eigenvalue weighted by atomic mass is 10.1. The van der Waals surface area contributed by atoms with Crippen molar-refractivity contribution in [3.05, 3.63) is 29.8 Å². The Morgan fingerprint density at radius 1 is 1.53 bits per heavy atom. The summed E-state index contributed by atoms with van der Waals surface area (Å²) < 4.78 is 5.14. The van der Waals surface area contributed by atoms with Crippen molar-refractivity contribution in [2.24, 2.45) is 16.8 Å². The number of amidine groups is 1. The van der Waals surface area contributed by atoms with E-state index in [9.17, 15) is 4.79 Å². The predicted octanol–water partition coefficient (Wildman–Crippen LogP) is 0.950. The SMILES string of the molecule is COc1ccccc1C(=O)NC(C(N)=NO)C1CC1. The summed E-state index contributed by atoms with van der Waals surface area (Å²) in [4.78, 5) is 12.2. The molecule has 1 aliphatic carbocycles. The molecule has 0 heterocycles. The number of hydrogen-bond acceptors (Lipinski definition) is 4. The number of carbonyl (C=O) groups excluding carboxylic acids is 1. The molecule has 0 spiro atoms. The van der Waals surface area contributed by atoms with Gasteiger partial charge in [-0.2, -0.15) is 0 Å². The minimum atomic E-state index is -0.428. The van der Waals surface area contributed by atoms with Crippen molar-refractivity contribution < 1.29 is 14.7 Å². The van der Waals surface area contributed by atoms with E-state index in [1.807, 2.05) is 0 Å². The zero-order valence-corrected chi connectivity index (χ0v) is 10.7. The zero-order chi connectivity index (χ0) is 13.8. The van der Waals surface area contributed by atoms with Gasteiger partial charge in [0, 0.05) is 0 Å². The summed E-state index contributed by atoms with van der Waals surface area (Å²) >= 11 is 0. The number of amides is 1. The number of benzene rings is 1. The molecule has 1 aromatic carbocycles. The number of para-hydroxylation sites is 1. The first kappa shape index (κ1) is 13.2. The average molecular weight is 263 g/mol. The van der Waals surface area contributed by atoms with E-state index in [0.29, 0.717) is 11.3 Å². The van der Waals surface area contributed by atoms with E-state index >= 15 is 0 Å². The molecule has 0 saturated heterocycles. The minimum Gasteiger partial charge on any atom is -0.496 e. The Morgan fingerprint density at radius 2 is 2.21 bits per heavy atom. The molecule has 2 rings (SSSR count). The number of methoxy groups -OCH3 is 1. The van der Waals surface area contributed by atoms with Crippen molar-refractivity contribution in [3.8, 4) is 5.75 Å². The van der Waals surface area contributed by atoms with Gasteiger partial charge in [0.05, 0.1) is 18.7 Å². The van der Waals surface area contributed by atoms with Crippen LogP contribution < -0.4 is 15.8 Å². The van der Waals surface area contributed by atoms with Gasteiger partial charge in [0.15, 0.2) is 5.84 Å². The lowest BCUT2D eigenvalue weighted by Gasteiger charge is -2.17. The summed E-state index contributed by atoms with van der Waals surface area (Å²) in [6, 6.07) is 6.50. The first-order valence-corrected chi connectivity index (χ1v) is 6.08. The lowest BCUT2D eigenvalue weighted by Crippen LogP contribution is -2.46. The Balaban J connectivity index is 2.15. The second-order valence-electron chi connectivity index (χ2n) is 4.51. The van der Waals surface area contributed by atoms with Crippen molar-refractivity contribution in [2.45, 2.75) is 18.9 Å². The second kappa shape index (κ2) is 5.60. The quantitative estimate of drug-likeness (QED) is 0.319. The lowest BCUT2D eigenvalue weighted by molar-refractivity contribution is 0.0940. The molecule has 6 heteroatoms. The summed E-state index contributed by atoms with van der Waals surface area (Å²) in [5, 5.41) is 14.5. The van der Waals surface area contributed by atoms with E-state index in [2.05, 4.69) is 10.5 Å². The highest BCUT2D eigenvalue weighted by Crippen LogP contribution is 2.33. The highest BCUT2D eigenvalue weighted by atomic mass is 16.5. The van der Waals surface area contributed by atoms with E-state index in [1.54, 1.807) is 24.3 Å². The monoisotopic (exact) mass is 263 g/mol. The minimum absolute atomic E-state index is 0.0331. The van der Waals surface area contributed by atoms with Gasteiger partial charge in [0.1, 0.15) is 5.75 Å². The van der Waals surface area contributed by atoms with Crippen molar-refractivity contribution in [2.75, 3.05) is 7.11 Å². The normalized spacial score (nSPS) is 16.8. The molecule has 1 fully saturated rings. The van der Waals surface area contributed by atoms with E-state index in [1.165, 1.54) is 7.11 Å². The van der Waals surface area contributed by atoms with Crippen LogP contribution in [0, 0.1) is 5.92 Å². The third-order valence-electron chi connectivity index (χ3n) is 3.17. The summed E-state index contributed by atoms with van der Waals surface area (Å²) in [5.74, 6) is 0.482. The zero-order valence-electron chi connectivity index (χ0n) is 10.7. The van der Waals surface area contributed by atoms with Crippen molar-refractivity contribution in [3.63, 3.8) is 0 Å². The highest BCUT2D eigenvalue weighted by Gasteiger charge is 2.35. The average Bonchev–Trinajstić information content (AvgIpc) is 3.28. The Hall–Kier alpha value is -2.24. The number of oxime groups is 1. The summed E-state index contributed by atoms with van der Waals surface area (Å²) in [7, 11) is 1.51. The van der Waals surface area contributed by atoms with E-state index in [4.69, 9.17) is 15.7 Å². The molecule has 1 aliphatic rings. The molecular formula is C13H17N3O3. The van der Waals surface area contributed by atoms with Crippen LogP contribution in [0.3, 0.4) is 0 Å². The van der Waals surface area contributed by atoms with Crippen LogP contribution >= 0.6 is 0 Å². The van der Waals surface area contributed by atoms with Crippen LogP contribution in [0.25, 0.3) is 0 Å². The molecule has 1 amide bonds. The van der Waals surface area contributed by atoms with Crippen LogP contribution in [0.15, 0.2) is 29.4 Å². The molecule has 1 unspecified atom stereocenters. The molecule has 1 atom stereocenters. The topological polar surface area (TPSA) is 96.9 Å². The Morgan fingerprint density at radius 3 is 2.79 bits per heavy atom. The fraction of sp³-hybridized carbons (Fsp3) is 0.385. The number of nitrogens with two attached hydrogens (primary N) is 1. The Kier molecular flexibility index (Phi) is 3.89. The molecule has 102 valence electrons. The first-order valence-electron chi connectivity index (χ1n) is 6.08. The van der Waals surface area contributed by atoms with Gasteiger partial charge >= 0.3 is 0 Å². The van der Waals surface area contributed by atoms with Crippen molar-refractivity contribution in [1.29, 1.82) is 0 Å². The molecule has 19 heavy (non-hydrogen) atoms. The van der Waals surface area contributed by atoms with Gasteiger partial charge in [-0.3, -0.25) is 4.79 Å². The van der Waals surface area contributed by atoms with Gasteiger partial charge in [0.25, 0.3) is 5.91 Å². The first-order chi connectivity index (χ1) is 9.17. The number of rotatable bonds is 5. The van der Waals surface area contributed by atoms with Crippen LogP contribution in [-0.2, 0) is 0 Å². The van der Waals surface area contributed by atoms with Crippen molar-refractivity contribution in [1.82, 2.24) is 5.32 Å². The summed E-state index contributed by atoms with van der Waals surface area (Å²) in [6.45, 7) is 0. The number of nitrogens with zero attached hydrogens (tertiary/aromatic N) is 1. The van der Waals surface area contributed by atoms with Gasteiger partial charge < -0.3 is 21.0 Å². The van der Waals surface area contributed by atoms with Gasteiger partial charge in [-0.05, 0) is 30.9 Å². The number of nitrogens with one attached hydrogen (secondary N) is 1. The molecule has 4 N–H and O–H groups in total. The highest BCUT2D eigenvalue weighted by molar-refractivity contribution is 6.00. The second-order valence-corrected chi connectivity index (χ2v) is 4.51. The molecule has 0 bridgehead atoms. The fourth-order valence-corrected chi connectivity index (χ4v) is 1.98. The molecule has 0 aliphatic heterocycles. The molecule has 1 saturated carbocycles. The van der Waals surface area contributed by atoms with Crippen LogP contribution in [0.1, 0.15) is 23.2 Å². The van der Waals surface area contributed by atoms with Crippen molar-refractivity contribution >= 4 is 11.7 Å². The standard InChI is InChI=1S/C13H17N3O3/c1-19-10-5-3-2-4-9(10)13(17)15-11(8-6-7-8)12(14)16-18/h2-5,8,11,18H,6-7H2,1H3,(H2,14,16)(H,15,17). The Labute approximate surface area is 111 Å². The fourth-order valence-electron chi connectivity index (χ4n) is 1.98. The maximum Gasteiger partial charge on any atom is 0.255 e. The van der Waals surface area contributed by atoms with Gasteiger partial charge in [-0.25, -0.2) is 0 Å². The van der Waals surface area contributed by atoms with Crippen LogP contribution in [0.4, 0.5) is 0 Å². The van der Waals surface area contributed by atoms with Gasteiger partial charge in [-0.15, -0.1) is 0 Å². The van der Waals surface area contributed by atoms with Crippen LogP contribution in [0.2, 0.25) is 0 Å². The van der Waals surface area contributed by atoms with E-state index < -0.39 is 6.04 Å². The van der Waals surface area contributed by atoms with Gasteiger partial charge in [0.2, 0.25) is 0 Å². The van der Waals surface area contributed by atoms with Crippen LogP contribution in [-0.4, -0.2) is 30.1 Å². The smallest absolute Gasteiger partial charge is 0.255 e. The Bertz CT molecular complexity index is 498. The molecular weight excluding hydrogens is 246 g/mol. The molecule has 6 nitrogen and oxygen atoms in total. The summed E-state index contributed by atoms with van der Waals surface area (Å²) in [6.07, 6.45) is 1.93. The summed E-state index contributed by atoms with van der Waals surface area (Å²) in [5.41, 5.74) is 6.04. The van der Waals surface area contributed by atoms with E-state index in [-0.39, 0.29) is 17.7 Å². The molecule has 1 aromatic rings. The van der Waals surface area contributed by atoms with E-state index in [0.717, 1.165) is 12.8 Å². The largest absolute Gasteiger partial charge is 0.496 e. The maximum atomic E-state index is 12.2.